The number of hydrogen-bond donors (Lipinski definition) is 0. The van der Waals surface area contributed by atoms with Gasteiger partial charge in [-0.3, -0.25) is 4.52 Å². The topological polar surface area (TPSA) is 26.3 Å². The van der Waals surface area contributed by atoms with Gasteiger partial charge in [-0.15, -0.1) is 0 Å². The van der Waals surface area contributed by atoms with E-state index in [4.69, 9.17) is 0 Å². The molecule has 0 amide bonds. The second kappa shape index (κ2) is 8.06. The molecule has 0 aliphatic carbocycles. The molecule has 0 radical (unpaired) electrons. The molecule has 4 heteroatoms. The van der Waals surface area contributed by atoms with E-state index >= 15 is 0 Å². The zero-order valence-electron chi connectivity index (χ0n) is 4.55. The fourth-order valence-corrected chi connectivity index (χ4v) is 0.539. The summed E-state index contributed by atoms with van der Waals surface area (Å²) in [4.78, 5) is 0. The minimum atomic E-state index is -0.210. The quantitative estimate of drug-likeness (QED) is 0.439. The van der Waals surface area contributed by atoms with Crippen LogP contribution in [0.4, 0.5) is 0 Å². The van der Waals surface area contributed by atoms with Crippen LogP contribution in [0.2, 0.25) is 0 Å². The molecule has 0 aliphatic rings. The fourth-order valence-electron chi connectivity index (χ4n) is 0.180. The molecule has 0 aromatic heterocycles. The van der Waals surface area contributed by atoms with E-state index in [0.717, 1.165) is 0 Å². The minimum absolute atomic E-state index is 0. The second-order valence-electron chi connectivity index (χ2n) is 1.76. The maximum atomic E-state index is 9.58. The van der Waals surface area contributed by atoms with Gasteiger partial charge in [0.2, 0.25) is 0 Å². The van der Waals surface area contributed by atoms with Crippen molar-refractivity contribution in [3.05, 3.63) is 0 Å². The molecular weight excluding hydrogens is 134 g/mol. The summed E-state index contributed by atoms with van der Waals surface area (Å²) in [6, 6.07) is 0. The Morgan fingerprint density at radius 3 is 2.25 bits per heavy atom. The summed E-state index contributed by atoms with van der Waals surface area (Å²) in [5.41, 5.74) is 0. The Kier molecular flexibility index (Phi) is 11.9. The normalized spacial score (nSPS) is 9.38. The van der Waals surface area contributed by atoms with Crippen molar-refractivity contribution in [1.29, 1.82) is 0 Å². The van der Waals surface area contributed by atoms with Crippen LogP contribution in [0.25, 0.3) is 0 Å². The van der Waals surface area contributed by atoms with Crippen molar-refractivity contribution in [2.24, 2.45) is 5.92 Å². The molecule has 0 rings (SSSR count). The molecule has 0 aromatic carbocycles. The van der Waals surface area contributed by atoms with Crippen molar-refractivity contribution in [1.82, 2.24) is 0 Å². The molecule has 0 fully saturated rings. The molecule has 0 aliphatic heterocycles. The molecule has 44 valence electrons. The third-order valence-electron chi connectivity index (χ3n) is 0.461. The average Bonchev–Trinajstić information content (AvgIpc) is 1.61. The van der Waals surface area contributed by atoms with Gasteiger partial charge in [0, 0.05) is 0 Å². The van der Waals surface area contributed by atoms with E-state index in [1.165, 1.54) is 0 Å². The molecule has 0 aromatic rings. The summed E-state index contributed by atoms with van der Waals surface area (Å²) in [6.45, 7) is 4.58. The van der Waals surface area contributed by atoms with Crippen LogP contribution in [0.15, 0.2) is 0 Å². The Morgan fingerprint density at radius 1 is 1.62 bits per heavy atom. The first kappa shape index (κ1) is 11.8. The molecule has 0 atom stereocenters. The van der Waals surface area contributed by atoms with Gasteiger partial charge < -0.3 is 0 Å². The van der Waals surface area contributed by atoms with E-state index in [9.17, 15) is 4.57 Å². The summed E-state index contributed by atoms with van der Waals surface area (Å²) in [5.74, 6) is 0.474. The van der Waals surface area contributed by atoms with Gasteiger partial charge in [-0.05, 0) is 5.92 Å². The first-order valence-corrected chi connectivity index (χ1v) is 2.95. The SMILES string of the molecule is CC(C)COP=O.[NaH]. The molecular formula is C4H10NaO2P. The average molecular weight is 144 g/mol. The zero-order valence-corrected chi connectivity index (χ0v) is 5.44. The Balaban J connectivity index is 0. The Morgan fingerprint density at radius 2 is 2.12 bits per heavy atom. The van der Waals surface area contributed by atoms with Gasteiger partial charge in [0.1, 0.15) is 0 Å². The predicted molar refractivity (Wildman–Crippen MR) is 35.5 cm³/mol. The van der Waals surface area contributed by atoms with E-state index in [1.807, 2.05) is 13.8 Å². The van der Waals surface area contributed by atoms with Crippen LogP contribution in [-0.4, -0.2) is 36.2 Å². The van der Waals surface area contributed by atoms with Crippen LogP contribution in [0, 0.1) is 5.92 Å². The van der Waals surface area contributed by atoms with Crippen molar-refractivity contribution in [2.45, 2.75) is 13.8 Å². The summed E-state index contributed by atoms with van der Waals surface area (Å²) in [7, 11) is -0.210. The van der Waals surface area contributed by atoms with Crippen molar-refractivity contribution in [3.63, 3.8) is 0 Å². The Hall–Kier alpha value is 1.06. The first-order valence-electron chi connectivity index (χ1n) is 2.22. The van der Waals surface area contributed by atoms with Crippen LogP contribution in [0.5, 0.6) is 0 Å². The Bertz CT molecular complexity index is 58.0. The second-order valence-corrected chi connectivity index (χ2v) is 2.17. The monoisotopic (exact) mass is 144 g/mol. The van der Waals surface area contributed by atoms with E-state index in [-0.39, 0.29) is 38.2 Å². The number of hydrogen-bond acceptors (Lipinski definition) is 2. The van der Waals surface area contributed by atoms with Crippen molar-refractivity contribution in [3.8, 4) is 0 Å². The van der Waals surface area contributed by atoms with E-state index in [1.54, 1.807) is 0 Å². The summed E-state index contributed by atoms with van der Waals surface area (Å²) in [6.07, 6.45) is 0. The first-order chi connectivity index (χ1) is 3.27. The van der Waals surface area contributed by atoms with Gasteiger partial charge in [0.25, 0.3) is 0 Å². The van der Waals surface area contributed by atoms with Crippen molar-refractivity contribution in [2.75, 3.05) is 6.61 Å². The van der Waals surface area contributed by atoms with Crippen LogP contribution in [0.1, 0.15) is 13.8 Å². The molecule has 0 saturated carbocycles. The van der Waals surface area contributed by atoms with E-state index in [2.05, 4.69) is 4.52 Å². The standard InChI is InChI=1S/C4H9O2P.Na.H/c1-4(2)3-6-7-5;;/h4H,3H2,1-2H3;;. The third kappa shape index (κ3) is 10.1. The third-order valence-corrected chi connectivity index (χ3v) is 0.715. The molecule has 0 unspecified atom stereocenters. The van der Waals surface area contributed by atoms with Gasteiger partial charge in [-0.2, -0.15) is 0 Å². The van der Waals surface area contributed by atoms with Crippen LogP contribution in [-0.2, 0) is 9.09 Å². The zero-order chi connectivity index (χ0) is 5.70. The number of rotatable bonds is 3. The van der Waals surface area contributed by atoms with Crippen LogP contribution >= 0.6 is 8.69 Å². The van der Waals surface area contributed by atoms with Gasteiger partial charge in [0.15, 0.2) is 0 Å². The molecule has 0 N–H and O–H groups in total. The fraction of sp³-hybridized carbons (Fsp3) is 1.00. The molecule has 0 heterocycles. The predicted octanol–water partition coefficient (Wildman–Crippen LogP) is 1.22. The van der Waals surface area contributed by atoms with Gasteiger partial charge in [0.05, 0.1) is 6.61 Å². The molecule has 8 heavy (non-hydrogen) atoms. The van der Waals surface area contributed by atoms with Gasteiger partial charge in [-0.1, -0.05) is 13.8 Å². The van der Waals surface area contributed by atoms with Gasteiger partial charge >= 0.3 is 38.2 Å². The van der Waals surface area contributed by atoms with Crippen LogP contribution in [0.3, 0.4) is 0 Å². The summed E-state index contributed by atoms with van der Waals surface area (Å²) >= 11 is 0. The van der Waals surface area contributed by atoms with Gasteiger partial charge in [-0.25, -0.2) is 4.57 Å². The van der Waals surface area contributed by atoms with E-state index in [0.29, 0.717) is 12.5 Å². The summed E-state index contributed by atoms with van der Waals surface area (Å²) < 4.78 is 14.1. The van der Waals surface area contributed by atoms with E-state index < -0.39 is 0 Å². The Labute approximate surface area is 73.6 Å². The maximum absolute atomic E-state index is 9.58. The molecule has 0 spiro atoms. The van der Waals surface area contributed by atoms with Crippen LogP contribution < -0.4 is 0 Å². The molecule has 0 bridgehead atoms. The van der Waals surface area contributed by atoms with Crippen molar-refractivity contribution >= 4 is 38.2 Å². The van der Waals surface area contributed by atoms with Crippen molar-refractivity contribution < 1.29 is 9.09 Å². The summed E-state index contributed by atoms with van der Waals surface area (Å²) in [5, 5.41) is 0. The molecule has 2 nitrogen and oxygen atoms in total. The molecule has 0 saturated heterocycles.